The van der Waals surface area contributed by atoms with Gasteiger partial charge >= 0.3 is 5.97 Å². The average molecular weight is 783 g/mol. The lowest BCUT2D eigenvalue weighted by atomic mass is 9.99. The number of phenols is 1. The molecule has 0 aliphatic heterocycles. The summed E-state index contributed by atoms with van der Waals surface area (Å²) in [5.41, 5.74) is 12.6. The number of nitrogens with two attached hydrogens (primary N) is 2. The van der Waals surface area contributed by atoms with Gasteiger partial charge in [0.15, 0.2) is 0 Å². The normalized spacial score (nSPS) is 14.8. The van der Waals surface area contributed by atoms with Crippen LogP contribution in [0.4, 0.5) is 0 Å². The Labute approximate surface area is 325 Å². The highest BCUT2D eigenvalue weighted by Gasteiger charge is 2.35. The fraction of sp³-hybridized carbons (Fsp3) is 0.474. The van der Waals surface area contributed by atoms with Crippen LogP contribution >= 0.6 is 0 Å². The largest absolute Gasteiger partial charge is 0.508 e. The standard InChI is InChI=1S/C38H54N8O10/c1-19(2)30(37(55)41-21(5)32(40)50)46-38(56)31(20(3)4)45-36(54)28(18-29(48)49)44-35(53)27(17-23-10-8-7-9-11-23)43-33(51)22(6)42-34(52)26(39)16-24-12-14-25(47)15-13-24/h7-15,19-22,26-28,30-31,47H,16-18,39H2,1-6H3,(H2,40,50)(H,41,55)(H,42,52)(H,43,51)(H,44,53)(H,45,54)(H,46,56)(H,48,49)/t21-,22+,26-,27-,28-,30-,31-/m0/s1. The van der Waals surface area contributed by atoms with Gasteiger partial charge in [-0.3, -0.25) is 38.4 Å². The van der Waals surface area contributed by atoms with Gasteiger partial charge in [-0.1, -0.05) is 70.2 Å². The predicted molar refractivity (Wildman–Crippen MR) is 204 cm³/mol. The highest BCUT2D eigenvalue weighted by Crippen LogP contribution is 2.12. The van der Waals surface area contributed by atoms with Gasteiger partial charge in [-0.2, -0.15) is 0 Å². The van der Waals surface area contributed by atoms with E-state index in [9.17, 15) is 48.6 Å². The molecule has 0 fully saturated rings. The second-order valence-corrected chi connectivity index (χ2v) is 14.2. The number of primary amides is 1. The van der Waals surface area contributed by atoms with Gasteiger partial charge in [-0.25, -0.2) is 0 Å². The molecule has 12 N–H and O–H groups in total. The first kappa shape index (κ1) is 46.1. The Kier molecular flexibility index (Phi) is 17.9. The van der Waals surface area contributed by atoms with Crippen LogP contribution in [0.15, 0.2) is 54.6 Å². The van der Waals surface area contributed by atoms with Crippen LogP contribution in [-0.4, -0.2) is 99.8 Å². The van der Waals surface area contributed by atoms with E-state index in [1.165, 1.54) is 26.0 Å². The van der Waals surface area contributed by atoms with Gasteiger partial charge in [-0.15, -0.1) is 0 Å². The maximum Gasteiger partial charge on any atom is 0.305 e. The van der Waals surface area contributed by atoms with E-state index in [0.29, 0.717) is 11.1 Å². The molecule has 306 valence electrons. The van der Waals surface area contributed by atoms with E-state index in [1.54, 1.807) is 70.2 Å². The molecule has 0 unspecified atom stereocenters. The maximum atomic E-state index is 13.8. The van der Waals surface area contributed by atoms with Crippen molar-refractivity contribution in [1.29, 1.82) is 0 Å². The number of carboxylic acid groups (broad SMARTS) is 1. The molecule has 0 aliphatic rings. The fourth-order valence-corrected chi connectivity index (χ4v) is 5.32. The molecule has 0 heterocycles. The number of phenolic OH excluding ortho intramolecular Hbond substituents is 1. The van der Waals surface area contributed by atoms with Gasteiger partial charge in [0.25, 0.3) is 0 Å². The van der Waals surface area contributed by atoms with E-state index in [1.807, 2.05) is 0 Å². The van der Waals surface area contributed by atoms with Crippen molar-refractivity contribution in [1.82, 2.24) is 31.9 Å². The van der Waals surface area contributed by atoms with Crippen LogP contribution in [-0.2, 0) is 51.2 Å². The summed E-state index contributed by atoms with van der Waals surface area (Å²) in [4.78, 5) is 103. The number of aromatic hydroxyl groups is 1. The zero-order chi connectivity index (χ0) is 42.3. The number of carbonyl (C=O) groups excluding carboxylic acids is 7. The summed E-state index contributed by atoms with van der Waals surface area (Å²) in [6.45, 7) is 9.24. The van der Waals surface area contributed by atoms with Crippen molar-refractivity contribution in [2.45, 2.75) is 103 Å². The van der Waals surface area contributed by atoms with Crippen molar-refractivity contribution >= 4 is 47.3 Å². The fourth-order valence-electron chi connectivity index (χ4n) is 5.32. The number of aliphatic carboxylic acids is 1. The Balaban J connectivity index is 2.24. The summed E-state index contributed by atoms with van der Waals surface area (Å²) in [7, 11) is 0. The molecule has 0 aliphatic carbocycles. The minimum absolute atomic E-state index is 0.0425. The van der Waals surface area contributed by atoms with Crippen molar-refractivity contribution in [2.24, 2.45) is 23.3 Å². The lowest BCUT2D eigenvalue weighted by molar-refractivity contribution is -0.141. The molecule has 7 amide bonds. The third kappa shape index (κ3) is 15.0. The van der Waals surface area contributed by atoms with E-state index in [-0.39, 0.29) is 18.6 Å². The number of carboxylic acids is 1. The van der Waals surface area contributed by atoms with E-state index in [2.05, 4.69) is 31.9 Å². The summed E-state index contributed by atoms with van der Waals surface area (Å²) in [6, 6.07) is 5.81. The van der Waals surface area contributed by atoms with Crippen molar-refractivity contribution in [3.63, 3.8) is 0 Å². The highest BCUT2D eigenvalue weighted by atomic mass is 16.4. The van der Waals surface area contributed by atoms with Crippen molar-refractivity contribution in [2.75, 3.05) is 0 Å². The highest BCUT2D eigenvalue weighted by molar-refractivity contribution is 5.98. The van der Waals surface area contributed by atoms with Crippen molar-refractivity contribution in [3.05, 3.63) is 65.7 Å². The molecule has 7 atom stereocenters. The minimum Gasteiger partial charge on any atom is -0.508 e. The Morgan fingerprint density at radius 3 is 1.54 bits per heavy atom. The second-order valence-electron chi connectivity index (χ2n) is 14.2. The summed E-state index contributed by atoms with van der Waals surface area (Å²) in [5, 5.41) is 34.1. The number of amides is 7. The molecule has 0 bridgehead atoms. The first-order valence-electron chi connectivity index (χ1n) is 18.1. The molecule has 0 saturated carbocycles. The van der Waals surface area contributed by atoms with Crippen LogP contribution in [0, 0.1) is 11.8 Å². The number of hydrogen-bond donors (Lipinski definition) is 10. The van der Waals surface area contributed by atoms with Crippen LogP contribution < -0.4 is 43.4 Å². The van der Waals surface area contributed by atoms with Crippen LogP contribution in [0.5, 0.6) is 5.75 Å². The Hall–Kier alpha value is -6.04. The Morgan fingerprint density at radius 1 is 0.554 bits per heavy atom. The Morgan fingerprint density at radius 2 is 1.02 bits per heavy atom. The molecule has 0 aromatic heterocycles. The third-order valence-corrected chi connectivity index (χ3v) is 8.69. The molecular formula is C38H54N8O10. The zero-order valence-electron chi connectivity index (χ0n) is 32.3. The number of hydrogen-bond acceptors (Lipinski definition) is 10. The Bertz CT molecular complexity index is 1700. The summed E-state index contributed by atoms with van der Waals surface area (Å²) in [6.07, 6.45) is -0.885. The lowest BCUT2D eigenvalue weighted by Gasteiger charge is -2.29. The number of carbonyl (C=O) groups is 8. The maximum absolute atomic E-state index is 13.8. The topological polar surface area (TPSA) is 301 Å². The summed E-state index contributed by atoms with van der Waals surface area (Å²) < 4.78 is 0. The van der Waals surface area contributed by atoms with Gasteiger partial charge in [0, 0.05) is 6.42 Å². The first-order valence-corrected chi connectivity index (χ1v) is 18.1. The molecule has 2 aromatic rings. The van der Waals surface area contributed by atoms with Crippen LogP contribution in [0.1, 0.15) is 59.1 Å². The molecule has 0 spiro atoms. The quantitative estimate of drug-likeness (QED) is 0.0712. The minimum atomic E-state index is -1.72. The van der Waals surface area contributed by atoms with Crippen LogP contribution in [0.2, 0.25) is 0 Å². The molecular weight excluding hydrogens is 728 g/mol. The molecule has 56 heavy (non-hydrogen) atoms. The van der Waals surface area contributed by atoms with E-state index in [4.69, 9.17) is 11.5 Å². The molecule has 0 radical (unpaired) electrons. The molecule has 18 nitrogen and oxygen atoms in total. The lowest BCUT2D eigenvalue weighted by Crippen LogP contribution is -2.61. The van der Waals surface area contributed by atoms with Gasteiger partial charge in [-0.05, 0) is 55.4 Å². The second kappa shape index (κ2) is 21.7. The van der Waals surface area contributed by atoms with Crippen LogP contribution in [0.25, 0.3) is 0 Å². The zero-order valence-corrected chi connectivity index (χ0v) is 32.3. The van der Waals surface area contributed by atoms with Gasteiger partial charge in [0.2, 0.25) is 41.4 Å². The molecule has 18 heteroatoms. The summed E-state index contributed by atoms with van der Waals surface area (Å²) in [5.74, 6) is -8.14. The average Bonchev–Trinajstić information content (AvgIpc) is 3.12. The summed E-state index contributed by atoms with van der Waals surface area (Å²) >= 11 is 0. The van der Waals surface area contributed by atoms with Gasteiger partial charge in [0.05, 0.1) is 12.5 Å². The number of benzene rings is 2. The monoisotopic (exact) mass is 782 g/mol. The van der Waals surface area contributed by atoms with Gasteiger partial charge in [0.1, 0.15) is 42.0 Å². The number of nitrogens with one attached hydrogen (secondary N) is 6. The predicted octanol–water partition coefficient (Wildman–Crippen LogP) is -1.27. The van der Waals surface area contributed by atoms with Crippen molar-refractivity contribution < 1.29 is 48.6 Å². The van der Waals surface area contributed by atoms with Crippen molar-refractivity contribution in [3.8, 4) is 5.75 Å². The number of rotatable bonds is 21. The smallest absolute Gasteiger partial charge is 0.305 e. The molecule has 2 rings (SSSR count). The molecule has 2 aromatic carbocycles. The molecule has 0 saturated heterocycles. The first-order chi connectivity index (χ1) is 26.2. The van der Waals surface area contributed by atoms with E-state index >= 15 is 0 Å². The van der Waals surface area contributed by atoms with Gasteiger partial charge < -0.3 is 53.6 Å². The van der Waals surface area contributed by atoms with E-state index < -0.39 is 108 Å². The third-order valence-electron chi connectivity index (χ3n) is 8.69. The SMILES string of the molecule is CC(C)[C@H](NC(=O)[C@H](CC(=O)O)NC(=O)[C@H](Cc1ccccc1)NC(=O)[C@@H](C)NC(=O)[C@@H](N)Cc1ccc(O)cc1)C(=O)N[C@H](C(=O)N[C@@H](C)C(N)=O)C(C)C. The van der Waals surface area contributed by atoms with E-state index in [0.717, 1.165) is 0 Å². The van der Waals surface area contributed by atoms with Crippen LogP contribution in [0.3, 0.4) is 0 Å².